The first-order chi connectivity index (χ1) is 7.47. The molecule has 0 saturated heterocycles. The molecule has 0 spiro atoms. The molecule has 0 aliphatic heterocycles. The number of carboxylic acid groups (broad SMARTS) is 1. The Morgan fingerprint density at radius 3 is 2.62 bits per heavy atom. The maximum absolute atomic E-state index is 12.0. The second-order valence-electron chi connectivity index (χ2n) is 2.63. The van der Waals surface area contributed by atoms with Crippen LogP contribution in [0.25, 0.3) is 0 Å². The molecule has 0 aromatic heterocycles. The summed E-state index contributed by atoms with van der Waals surface area (Å²) in [6.07, 6.45) is 0. The lowest BCUT2D eigenvalue weighted by molar-refractivity contribution is -0.0519. The summed E-state index contributed by atoms with van der Waals surface area (Å²) < 4.78 is 28.1. The van der Waals surface area contributed by atoms with Gasteiger partial charge in [-0.3, -0.25) is 0 Å². The molecular weight excluding hydrogens is 240 g/mol. The quantitative estimate of drug-likeness (QED) is 0.800. The van der Waals surface area contributed by atoms with Crippen LogP contribution >= 0.6 is 12.6 Å². The molecule has 0 amide bonds. The molecule has 0 unspecified atom stereocenters. The summed E-state index contributed by atoms with van der Waals surface area (Å²) in [7, 11) is 0. The van der Waals surface area contributed by atoms with Gasteiger partial charge in [0.05, 0.1) is 5.56 Å². The predicted molar refractivity (Wildman–Crippen MR) is 52.0 cm³/mol. The van der Waals surface area contributed by atoms with Crippen molar-refractivity contribution in [3.8, 4) is 11.8 Å². The molecule has 1 N–H and O–H groups in total. The summed E-state index contributed by atoms with van der Waals surface area (Å²) in [4.78, 5) is 10.7. The maximum atomic E-state index is 12.0. The largest absolute Gasteiger partial charge is 0.478 e. The van der Waals surface area contributed by atoms with Gasteiger partial charge in [0.25, 0.3) is 0 Å². The van der Waals surface area contributed by atoms with Gasteiger partial charge in [-0.2, -0.15) is 14.0 Å². The summed E-state index contributed by atoms with van der Waals surface area (Å²) >= 11 is 3.81. The van der Waals surface area contributed by atoms with E-state index in [1.165, 1.54) is 12.1 Å². The zero-order valence-corrected chi connectivity index (χ0v) is 8.54. The molecule has 0 radical (unpaired) electrons. The van der Waals surface area contributed by atoms with Crippen LogP contribution in [0.3, 0.4) is 0 Å². The Morgan fingerprint density at radius 1 is 1.56 bits per heavy atom. The fourth-order valence-corrected chi connectivity index (χ4v) is 1.31. The SMILES string of the molecule is N#Cc1c(C(=O)O)ccc(S)c1OC(F)F. The van der Waals surface area contributed by atoms with Gasteiger partial charge < -0.3 is 9.84 Å². The van der Waals surface area contributed by atoms with Gasteiger partial charge in [0, 0.05) is 4.90 Å². The number of ether oxygens (including phenoxy) is 1. The minimum Gasteiger partial charge on any atom is -0.478 e. The zero-order valence-electron chi connectivity index (χ0n) is 7.65. The van der Waals surface area contributed by atoms with Crippen LogP contribution in [0.1, 0.15) is 15.9 Å². The fourth-order valence-electron chi connectivity index (χ4n) is 1.07. The molecule has 4 nitrogen and oxygen atoms in total. The molecule has 84 valence electrons. The van der Waals surface area contributed by atoms with Crippen LogP contribution in [0.4, 0.5) is 8.78 Å². The van der Waals surface area contributed by atoms with Crippen LogP contribution in [-0.2, 0) is 0 Å². The molecule has 1 aromatic rings. The monoisotopic (exact) mass is 245 g/mol. The van der Waals surface area contributed by atoms with Crippen molar-refractivity contribution in [1.82, 2.24) is 0 Å². The molecule has 0 aliphatic carbocycles. The van der Waals surface area contributed by atoms with Crippen LogP contribution in [0, 0.1) is 11.3 Å². The highest BCUT2D eigenvalue weighted by atomic mass is 32.1. The lowest BCUT2D eigenvalue weighted by Gasteiger charge is -2.10. The van der Waals surface area contributed by atoms with Gasteiger partial charge in [0.15, 0.2) is 5.75 Å². The maximum Gasteiger partial charge on any atom is 0.387 e. The first-order valence-electron chi connectivity index (χ1n) is 3.91. The zero-order chi connectivity index (χ0) is 12.3. The molecule has 16 heavy (non-hydrogen) atoms. The van der Waals surface area contributed by atoms with Crippen LogP contribution in [0.5, 0.6) is 5.75 Å². The molecule has 0 saturated carbocycles. The van der Waals surface area contributed by atoms with Crippen molar-refractivity contribution in [3.63, 3.8) is 0 Å². The van der Waals surface area contributed by atoms with Crippen LogP contribution in [-0.4, -0.2) is 17.7 Å². The van der Waals surface area contributed by atoms with Crippen molar-refractivity contribution >= 4 is 18.6 Å². The lowest BCUT2D eigenvalue weighted by Crippen LogP contribution is -2.08. The van der Waals surface area contributed by atoms with Gasteiger partial charge in [-0.15, -0.1) is 12.6 Å². The smallest absolute Gasteiger partial charge is 0.387 e. The number of nitrogens with zero attached hydrogens (tertiary/aromatic N) is 1. The lowest BCUT2D eigenvalue weighted by atomic mass is 10.1. The number of rotatable bonds is 3. The van der Waals surface area contributed by atoms with Gasteiger partial charge in [0.2, 0.25) is 0 Å². The Labute approximate surface area is 94.5 Å². The Morgan fingerprint density at radius 2 is 2.19 bits per heavy atom. The molecular formula is C9H5F2NO3S. The van der Waals surface area contributed by atoms with Gasteiger partial charge in [-0.25, -0.2) is 4.79 Å². The molecule has 0 aliphatic rings. The van der Waals surface area contributed by atoms with E-state index in [0.29, 0.717) is 0 Å². The van der Waals surface area contributed by atoms with E-state index >= 15 is 0 Å². The number of thiol groups is 1. The molecule has 0 atom stereocenters. The Balaban J connectivity index is 3.40. The molecule has 7 heteroatoms. The van der Waals surface area contributed by atoms with Crippen molar-refractivity contribution in [1.29, 1.82) is 5.26 Å². The van der Waals surface area contributed by atoms with Crippen molar-refractivity contribution in [2.45, 2.75) is 11.5 Å². The number of alkyl halides is 2. The molecule has 0 fully saturated rings. The molecule has 1 rings (SSSR count). The third-order valence-corrected chi connectivity index (χ3v) is 2.04. The van der Waals surface area contributed by atoms with E-state index in [1.54, 1.807) is 0 Å². The number of benzene rings is 1. The first-order valence-corrected chi connectivity index (χ1v) is 4.36. The highest BCUT2D eigenvalue weighted by Gasteiger charge is 2.20. The summed E-state index contributed by atoms with van der Waals surface area (Å²) in [5.74, 6) is -1.93. The van der Waals surface area contributed by atoms with Crippen molar-refractivity contribution in [2.75, 3.05) is 0 Å². The number of nitriles is 1. The second kappa shape index (κ2) is 4.81. The topological polar surface area (TPSA) is 70.3 Å². The van der Waals surface area contributed by atoms with E-state index in [9.17, 15) is 13.6 Å². The third-order valence-electron chi connectivity index (χ3n) is 1.69. The standard InChI is InChI=1S/C9H5F2NO3S/c10-9(11)15-7-5(3-12)4(8(13)14)1-2-6(7)16/h1-2,9,16H,(H,13,14). The van der Waals surface area contributed by atoms with Gasteiger partial charge in [-0.1, -0.05) is 0 Å². The summed E-state index contributed by atoms with van der Waals surface area (Å²) in [6.45, 7) is -3.15. The van der Waals surface area contributed by atoms with Crippen LogP contribution in [0.2, 0.25) is 0 Å². The Kier molecular flexibility index (Phi) is 3.68. The normalized spacial score (nSPS) is 9.94. The van der Waals surface area contributed by atoms with E-state index in [1.807, 2.05) is 0 Å². The first kappa shape index (κ1) is 12.3. The van der Waals surface area contributed by atoms with Gasteiger partial charge >= 0.3 is 12.6 Å². The van der Waals surface area contributed by atoms with E-state index in [2.05, 4.69) is 17.4 Å². The van der Waals surface area contributed by atoms with E-state index in [-0.39, 0.29) is 4.90 Å². The third kappa shape index (κ3) is 2.41. The number of aromatic carboxylic acids is 1. The van der Waals surface area contributed by atoms with E-state index in [4.69, 9.17) is 10.4 Å². The molecule has 1 aromatic carbocycles. The van der Waals surface area contributed by atoms with Gasteiger partial charge in [-0.05, 0) is 12.1 Å². The van der Waals surface area contributed by atoms with E-state index in [0.717, 1.165) is 6.07 Å². The van der Waals surface area contributed by atoms with Crippen molar-refractivity contribution < 1.29 is 23.4 Å². The molecule has 0 bridgehead atoms. The second-order valence-corrected chi connectivity index (χ2v) is 3.11. The summed E-state index contributed by atoms with van der Waals surface area (Å²) in [5.41, 5.74) is -0.878. The highest BCUT2D eigenvalue weighted by Crippen LogP contribution is 2.30. The number of halogens is 2. The van der Waals surface area contributed by atoms with Crippen LogP contribution < -0.4 is 4.74 Å². The number of carboxylic acids is 1. The van der Waals surface area contributed by atoms with Gasteiger partial charge in [0.1, 0.15) is 11.6 Å². The summed E-state index contributed by atoms with van der Waals surface area (Å²) in [5, 5.41) is 17.4. The van der Waals surface area contributed by atoms with E-state index < -0.39 is 29.5 Å². The Hall–Kier alpha value is -1.81. The minimum atomic E-state index is -3.15. The fraction of sp³-hybridized carbons (Fsp3) is 0.111. The average Bonchev–Trinajstić information content (AvgIpc) is 2.19. The number of hydrogen-bond acceptors (Lipinski definition) is 4. The number of carbonyl (C=O) groups is 1. The average molecular weight is 245 g/mol. The number of hydrogen-bond donors (Lipinski definition) is 2. The minimum absolute atomic E-state index is 0.0261. The van der Waals surface area contributed by atoms with Crippen molar-refractivity contribution in [3.05, 3.63) is 23.3 Å². The predicted octanol–water partition coefficient (Wildman–Crippen LogP) is 2.15. The molecule has 0 heterocycles. The Bertz CT molecular complexity index is 471. The van der Waals surface area contributed by atoms with Crippen molar-refractivity contribution in [2.24, 2.45) is 0 Å². The van der Waals surface area contributed by atoms with Crippen LogP contribution in [0.15, 0.2) is 17.0 Å². The summed E-state index contributed by atoms with van der Waals surface area (Å²) in [6, 6.07) is 3.77. The highest BCUT2D eigenvalue weighted by molar-refractivity contribution is 7.80.